The highest BCUT2D eigenvalue weighted by Gasteiger charge is 2.21. The maximum Gasteiger partial charge on any atom is 0.116 e. The number of ether oxygens (including phenoxy) is 1. The summed E-state index contributed by atoms with van der Waals surface area (Å²) in [5.74, 6) is 1.01. The van der Waals surface area contributed by atoms with Gasteiger partial charge in [-0.2, -0.15) is 0 Å². The highest BCUT2D eigenvalue weighted by molar-refractivity contribution is 14.1. The minimum Gasteiger partial charge on any atom is -0.493 e. The molecule has 2 N–H and O–H groups in total. The third kappa shape index (κ3) is 3.38. The van der Waals surface area contributed by atoms with Gasteiger partial charge in [0, 0.05) is 0 Å². The van der Waals surface area contributed by atoms with E-state index in [2.05, 4.69) is 27.9 Å². The van der Waals surface area contributed by atoms with E-state index in [4.69, 9.17) is 4.74 Å². The first-order valence-electron chi connectivity index (χ1n) is 5.39. The first kappa shape index (κ1) is 11.3. The first-order chi connectivity index (χ1) is 7.24. The van der Waals surface area contributed by atoms with Gasteiger partial charge in [-0.15, -0.1) is 0 Å². The Morgan fingerprint density at radius 3 is 2.60 bits per heavy atom. The molecule has 0 aromatic carbocycles. The van der Waals surface area contributed by atoms with E-state index in [9.17, 15) is 5.11 Å². The van der Waals surface area contributed by atoms with Crippen LogP contribution in [0.3, 0.4) is 0 Å². The van der Waals surface area contributed by atoms with Crippen LogP contribution >= 0.6 is 22.6 Å². The topological polar surface area (TPSA) is 41.5 Å². The summed E-state index contributed by atoms with van der Waals surface area (Å²) in [5.41, 5.74) is 0. The fraction of sp³-hybridized carbons (Fsp3) is 0.636. The molecule has 0 aromatic heterocycles. The normalized spacial score (nSPS) is 31.3. The van der Waals surface area contributed by atoms with Crippen LogP contribution in [0.25, 0.3) is 0 Å². The van der Waals surface area contributed by atoms with Crippen LogP contribution in [0, 0.1) is 0 Å². The molecular weight excluding hydrogens is 305 g/mol. The molecule has 2 rings (SSSR count). The Balaban J connectivity index is 1.82. The summed E-state index contributed by atoms with van der Waals surface area (Å²) in [7, 11) is 0. The molecule has 84 valence electrons. The third-order valence-electron chi connectivity index (χ3n) is 2.81. The molecule has 1 saturated carbocycles. The van der Waals surface area contributed by atoms with Gasteiger partial charge in [0.25, 0.3) is 0 Å². The maximum absolute atomic E-state index is 9.37. The van der Waals surface area contributed by atoms with E-state index in [1.54, 1.807) is 0 Å². The average Bonchev–Trinajstić information content (AvgIpc) is 2.25. The van der Waals surface area contributed by atoms with Crippen molar-refractivity contribution in [2.24, 2.45) is 0 Å². The summed E-state index contributed by atoms with van der Waals surface area (Å²) in [6.45, 7) is 0.786. The van der Waals surface area contributed by atoms with E-state index in [-0.39, 0.29) is 6.10 Å². The molecule has 0 amide bonds. The molecule has 0 spiro atoms. The van der Waals surface area contributed by atoms with Crippen LogP contribution in [0.1, 0.15) is 25.7 Å². The predicted octanol–water partition coefficient (Wildman–Crippen LogP) is 2.07. The van der Waals surface area contributed by atoms with Crippen LogP contribution < -0.4 is 5.32 Å². The van der Waals surface area contributed by atoms with Crippen molar-refractivity contribution >= 4 is 22.6 Å². The zero-order chi connectivity index (χ0) is 10.7. The number of aliphatic hydroxyl groups excluding tert-OH is 1. The van der Waals surface area contributed by atoms with E-state index in [1.165, 1.54) is 0 Å². The number of rotatable bonds is 2. The van der Waals surface area contributed by atoms with Gasteiger partial charge < -0.3 is 15.2 Å². The number of hydrogen-bond acceptors (Lipinski definition) is 3. The molecule has 0 saturated heterocycles. The van der Waals surface area contributed by atoms with E-state index in [0.717, 1.165) is 41.7 Å². The molecule has 2 aliphatic rings. The second-order valence-corrected chi connectivity index (χ2v) is 5.21. The number of allylic oxidation sites excluding steroid dienone is 2. The summed E-state index contributed by atoms with van der Waals surface area (Å²) in [6, 6.07) is 0. The Hall–Kier alpha value is -0.230. The molecule has 0 bridgehead atoms. The second kappa shape index (κ2) is 5.21. The van der Waals surface area contributed by atoms with E-state index < -0.39 is 0 Å². The van der Waals surface area contributed by atoms with Crippen LogP contribution in [0.2, 0.25) is 0 Å². The van der Waals surface area contributed by atoms with Crippen molar-refractivity contribution in [1.29, 1.82) is 0 Å². The van der Waals surface area contributed by atoms with Crippen LogP contribution in [0.4, 0.5) is 0 Å². The fourth-order valence-corrected chi connectivity index (χ4v) is 2.28. The molecule has 0 atom stereocenters. The lowest BCUT2D eigenvalue weighted by Crippen LogP contribution is -2.27. The van der Waals surface area contributed by atoms with Gasteiger partial charge in [-0.3, -0.25) is 0 Å². The minimum absolute atomic E-state index is 0.107. The SMILES string of the molecule is OC1CCC(OC2=CC=C(I)NC2)CC1. The number of dihydropyridines is 1. The summed E-state index contributed by atoms with van der Waals surface area (Å²) in [4.78, 5) is 0. The summed E-state index contributed by atoms with van der Waals surface area (Å²) < 4.78 is 7.02. The van der Waals surface area contributed by atoms with Gasteiger partial charge in [0.1, 0.15) is 5.76 Å². The Labute approximate surface area is 104 Å². The summed E-state index contributed by atoms with van der Waals surface area (Å²) in [6.07, 6.45) is 7.94. The molecular formula is C11H16INO2. The molecule has 0 radical (unpaired) electrons. The highest BCUT2D eigenvalue weighted by atomic mass is 127. The fourth-order valence-electron chi connectivity index (χ4n) is 1.91. The molecule has 0 aromatic rings. The Kier molecular flexibility index (Phi) is 3.91. The number of nitrogens with one attached hydrogen (secondary N) is 1. The van der Waals surface area contributed by atoms with Gasteiger partial charge in [0.05, 0.1) is 22.5 Å². The van der Waals surface area contributed by atoms with Crippen LogP contribution in [-0.4, -0.2) is 23.9 Å². The molecule has 1 heterocycles. The molecule has 3 nitrogen and oxygen atoms in total. The van der Waals surface area contributed by atoms with Crippen LogP contribution in [0.15, 0.2) is 21.6 Å². The molecule has 4 heteroatoms. The molecule has 15 heavy (non-hydrogen) atoms. The monoisotopic (exact) mass is 321 g/mol. The van der Waals surface area contributed by atoms with Crippen LogP contribution in [-0.2, 0) is 4.74 Å². The standard InChI is InChI=1S/C11H16INO2/c12-11-6-5-10(7-13-11)15-9-3-1-8(14)2-4-9/h5-6,8-9,13-14H,1-4,7H2. The van der Waals surface area contributed by atoms with E-state index >= 15 is 0 Å². The highest BCUT2D eigenvalue weighted by Crippen LogP contribution is 2.23. The van der Waals surface area contributed by atoms with Crippen molar-refractivity contribution in [3.63, 3.8) is 0 Å². The van der Waals surface area contributed by atoms with Gasteiger partial charge >= 0.3 is 0 Å². The lowest BCUT2D eigenvalue weighted by atomic mass is 9.95. The van der Waals surface area contributed by atoms with Gasteiger partial charge in [0.15, 0.2) is 0 Å². The minimum atomic E-state index is -0.107. The number of halogens is 1. The molecule has 1 fully saturated rings. The van der Waals surface area contributed by atoms with Gasteiger partial charge in [-0.1, -0.05) is 0 Å². The van der Waals surface area contributed by atoms with Crippen molar-refractivity contribution < 1.29 is 9.84 Å². The van der Waals surface area contributed by atoms with E-state index in [0.29, 0.717) is 6.10 Å². The smallest absolute Gasteiger partial charge is 0.116 e. The largest absolute Gasteiger partial charge is 0.493 e. The van der Waals surface area contributed by atoms with Crippen molar-refractivity contribution in [3.05, 3.63) is 21.6 Å². The lowest BCUT2D eigenvalue weighted by molar-refractivity contribution is 0.0300. The number of aliphatic hydroxyl groups is 1. The lowest BCUT2D eigenvalue weighted by Gasteiger charge is -2.28. The zero-order valence-electron chi connectivity index (χ0n) is 8.58. The Morgan fingerprint density at radius 2 is 2.00 bits per heavy atom. The quantitative estimate of drug-likeness (QED) is 0.604. The first-order valence-corrected chi connectivity index (χ1v) is 6.47. The van der Waals surface area contributed by atoms with Gasteiger partial charge in [-0.25, -0.2) is 0 Å². The maximum atomic E-state index is 9.37. The van der Waals surface area contributed by atoms with Crippen molar-refractivity contribution in [2.75, 3.05) is 6.54 Å². The molecule has 0 unspecified atom stereocenters. The second-order valence-electron chi connectivity index (χ2n) is 4.05. The Morgan fingerprint density at radius 1 is 1.27 bits per heavy atom. The predicted molar refractivity (Wildman–Crippen MR) is 67.5 cm³/mol. The van der Waals surface area contributed by atoms with Crippen molar-refractivity contribution in [2.45, 2.75) is 37.9 Å². The third-order valence-corrected chi connectivity index (χ3v) is 3.55. The van der Waals surface area contributed by atoms with Gasteiger partial charge in [-0.05, 0) is 60.4 Å². The van der Waals surface area contributed by atoms with Gasteiger partial charge in [0.2, 0.25) is 0 Å². The molecule has 1 aliphatic heterocycles. The van der Waals surface area contributed by atoms with E-state index in [1.807, 2.05) is 12.2 Å². The molecule has 1 aliphatic carbocycles. The summed E-state index contributed by atoms with van der Waals surface area (Å²) >= 11 is 2.26. The van der Waals surface area contributed by atoms with Crippen molar-refractivity contribution in [1.82, 2.24) is 5.32 Å². The Bertz CT molecular complexity index is 280. The van der Waals surface area contributed by atoms with Crippen molar-refractivity contribution in [3.8, 4) is 0 Å². The number of hydrogen-bond donors (Lipinski definition) is 2. The zero-order valence-corrected chi connectivity index (χ0v) is 10.7. The average molecular weight is 321 g/mol. The summed E-state index contributed by atoms with van der Waals surface area (Å²) in [5, 5.41) is 12.6. The van der Waals surface area contributed by atoms with Crippen LogP contribution in [0.5, 0.6) is 0 Å².